The zero-order valence-electron chi connectivity index (χ0n) is 32.9. The maximum absolute atomic E-state index is 5.02. The van der Waals surface area contributed by atoms with Crippen molar-refractivity contribution < 1.29 is 0 Å². The minimum atomic E-state index is -2.92. The Morgan fingerprint density at radius 2 is 0.443 bits per heavy atom. The minimum Gasteiger partial charge on any atom is -0.265 e. The van der Waals surface area contributed by atoms with Gasteiger partial charge in [-0.3, -0.25) is 9.97 Å². The van der Waals surface area contributed by atoms with Crippen molar-refractivity contribution >= 4 is 28.8 Å². The van der Waals surface area contributed by atoms with Crippen molar-refractivity contribution in [3.05, 3.63) is 219 Å². The Bertz CT molecular complexity index is 2710. The highest BCUT2D eigenvalue weighted by Crippen LogP contribution is 2.27. The first-order valence-electron chi connectivity index (χ1n) is 20.0. The van der Waals surface area contributed by atoms with Crippen LogP contribution in [-0.4, -0.2) is 47.9 Å². The van der Waals surface area contributed by atoms with Gasteiger partial charge in [-0.25, -0.2) is 29.9 Å². The molecule has 6 aromatic carbocycles. The molecule has 0 radical (unpaired) electrons. The molecule has 10 rings (SSSR count). The summed E-state index contributed by atoms with van der Waals surface area (Å²) in [6, 6.07) is 67.1. The fourth-order valence-corrected chi connectivity index (χ4v) is 12.5. The summed E-state index contributed by atoms with van der Waals surface area (Å²) in [5.74, 6) is 3.61. The Hall–Kier alpha value is -8.14. The van der Waals surface area contributed by atoms with Crippen LogP contribution in [0.5, 0.6) is 0 Å². The van der Waals surface area contributed by atoms with Crippen LogP contribution in [0.3, 0.4) is 0 Å². The molecule has 0 aliphatic rings. The second-order valence-corrected chi connectivity index (χ2v) is 18.3. The molecule has 0 saturated heterocycles. The van der Waals surface area contributed by atoms with Crippen molar-refractivity contribution in [2.45, 2.75) is 0 Å². The van der Waals surface area contributed by atoms with E-state index in [9.17, 15) is 0 Å². The first-order chi connectivity index (χ1) is 30.2. The molecule has 0 unspecified atom stereocenters. The lowest BCUT2D eigenvalue weighted by Gasteiger charge is -2.34. The zero-order valence-corrected chi connectivity index (χ0v) is 33.9. The zero-order chi connectivity index (χ0) is 40.9. The summed E-state index contributed by atoms with van der Waals surface area (Å²) in [7, 11) is -2.92. The molecular weight excluding hydrogens is 765 g/mol. The third-order valence-electron chi connectivity index (χ3n) is 10.8. The van der Waals surface area contributed by atoms with Crippen LogP contribution < -0.4 is 20.7 Å². The number of benzene rings is 6. The largest absolute Gasteiger partial charge is 0.265 e. The number of aromatic nitrogens is 8. The standard InChI is InChI=1S/C52H36N8Si/c1-5-13-37(14-6-1)47-55-48(38-15-7-2-8-16-38)57-49(56-47)39-21-25-45(26-22-39)61(43-17-9-3-10-18-43,44-19-11-4-12-20-44)46-27-23-40(24-28-46)50-58-51(41-29-33-53-34-30-41)60-52(59-50)42-31-35-54-36-32-42/h1-36H. The van der Waals surface area contributed by atoms with Gasteiger partial charge in [0.1, 0.15) is 0 Å². The van der Waals surface area contributed by atoms with Gasteiger partial charge in [0.05, 0.1) is 0 Å². The summed E-state index contributed by atoms with van der Waals surface area (Å²) in [5.41, 5.74) is 5.38. The van der Waals surface area contributed by atoms with Crippen molar-refractivity contribution in [1.82, 2.24) is 39.9 Å². The quantitative estimate of drug-likeness (QED) is 0.101. The molecule has 0 atom stereocenters. The average molecular weight is 801 g/mol. The van der Waals surface area contributed by atoms with Gasteiger partial charge in [0.15, 0.2) is 43.0 Å². The fourth-order valence-electron chi connectivity index (χ4n) is 7.82. The van der Waals surface area contributed by atoms with Crippen LogP contribution in [0.25, 0.3) is 68.3 Å². The van der Waals surface area contributed by atoms with E-state index in [4.69, 9.17) is 29.9 Å². The molecule has 0 spiro atoms. The van der Waals surface area contributed by atoms with E-state index in [0.717, 1.165) is 33.4 Å². The first-order valence-corrected chi connectivity index (χ1v) is 22.0. The van der Waals surface area contributed by atoms with Crippen molar-refractivity contribution in [3.63, 3.8) is 0 Å². The molecule has 0 aliphatic heterocycles. The van der Waals surface area contributed by atoms with Gasteiger partial charge in [-0.05, 0) is 45.0 Å². The molecule has 10 aromatic rings. The van der Waals surface area contributed by atoms with E-state index in [1.807, 2.05) is 84.9 Å². The molecule has 0 saturated carbocycles. The second-order valence-electron chi connectivity index (χ2n) is 14.5. The predicted molar refractivity (Wildman–Crippen MR) is 245 cm³/mol. The summed E-state index contributed by atoms with van der Waals surface area (Å²) < 4.78 is 0. The highest BCUT2D eigenvalue weighted by atomic mass is 28.3. The van der Waals surface area contributed by atoms with E-state index in [-0.39, 0.29) is 0 Å². The first kappa shape index (κ1) is 37.1. The van der Waals surface area contributed by atoms with Gasteiger partial charge < -0.3 is 0 Å². The molecule has 8 nitrogen and oxygen atoms in total. The molecule has 0 amide bonds. The summed E-state index contributed by atoms with van der Waals surface area (Å²) >= 11 is 0. The Kier molecular flexibility index (Phi) is 10.1. The Morgan fingerprint density at radius 1 is 0.213 bits per heavy atom. The van der Waals surface area contributed by atoms with Gasteiger partial charge in [0.2, 0.25) is 0 Å². The minimum absolute atomic E-state index is 0.575. The lowest BCUT2D eigenvalue weighted by molar-refractivity contribution is 1.07. The van der Waals surface area contributed by atoms with E-state index in [0.29, 0.717) is 34.9 Å². The van der Waals surface area contributed by atoms with Crippen LogP contribution in [0.1, 0.15) is 0 Å². The summed E-state index contributed by atoms with van der Waals surface area (Å²) in [5, 5.41) is 4.97. The van der Waals surface area contributed by atoms with Crippen LogP contribution in [0.2, 0.25) is 0 Å². The van der Waals surface area contributed by atoms with Crippen molar-refractivity contribution in [2.24, 2.45) is 0 Å². The van der Waals surface area contributed by atoms with Crippen molar-refractivity contribution in [2.75, 3.05) is 0 Å². The van der Waals surface area contributed by atoms with Gasteiger partial charge in [0.25, 0.3) is 0 Å². The van der Waals surface area contributed by atoms with E-state index in [2.05, 4.69) is 119 Å². The van der Waals surface area contributed by atoms with Gasteiger partial charge >= 0.3 is 0 Å². The summed E-state index contributed by atoms with van der Waals surface area (Å²) in [6.07, 6.45) is 6.99. The number of hydrogen-bond donors (Lipinski definition) is 0. The molecule has 4 aromatic heterocycles. The Balaban J connectivity index is 1.11. The molecule has 288 valence electrons. The number of nitrogens with zero attached hydrogens (tertiary/aromatic N) is 8. The molecule has 0 bridgehead atoms. The lowest BCUT2D eigenvalue weighted by atomic mass is 10.1. The lowest BCUT2D eigenvalue weighted by Crippen LogP contribution is -2.74. The molecule has 61 heavy (non-hydrogen) atoms. The van der Waals surface area contributed by atoms with Crippen LogP contribution in [0.4, 0.5) is 0 Å². The van der Waals surface area contributed by atoms with E-state index in [1.165, 1.54) is 20.7 Å². The van der Waals surface area contributed by atoms with Crippen LogP contribution >= 0.6 is 0 Å². The third kappa shape index (κ3) is 7.41. The fraction of sp³-hybridized carbons (Fsp3) is 0. The average Bonchev–Trinajstić information content (AvgIpc) is 3.36. The maximum atomic E-state index is 5.02. The van der Waals surface area contributed by atoms with Gasteiger partial charge in [-0.15, -0.1) is 0 Å². The molecule has 4 heterocycles. The molecular formula is C52H36N8Si. The molecule has 0 N–H and O–H groups in total. The van der Waals surface area contributed by atoms with Crippen molar-refractivity contribution in [3.8, 4) is 68.3 Å². The Morgan fingerprint density at radius 3 is 0.738 bits per heavy atom. The summed E-state index contributed by atoms with van der Waals surface area (Å²) in [4.78, 5) is 38.2. The molecule has 0 fully saturated rings. The SMILES string of the molecule is c1ccc(-c2nc(-c3ccccc3)nc(-c3ccc([Si](c4ccccc4)(c4ccccc4)c4ccc(-c5nc(-c6ccncc6)nc(-c6ccncc6)n5)cc4)cc3)n2)cc1. The normalized spacial score (nSPS) is 11.3. The highest BCUT2D eigenvalue weighted by molar-refractivity contribution is 7.19. The van der Waals surface area contributed by atoms with E-state index in [1.54, 1.807) is 24.8 Å². The van der Waals surface area contributed by atoms with Gasteiger partial charge in [0, 0.05) is 58.2 Å². The second kappa shape index (κ2) is 16.6. The third-order valence-corrected chi connectivity index (χ3v) is 15.6. The van der Waals surface area contributed by atoms with Gasteiger partial charge in [-0.2, -0.15) is 0 Å². The highest BCUT2D eigenvalue weighted by Gasteiger charge is 2.41. The smallest absolute Gasteiger partial charge is 0.179 e. The monoisotopic (exact) mass is 800 g/mol. The van der Waals surface area contributed by atoms with Crippen LogP contribution in [0.15, 0.2) is 219 Å². The number of rotatable bonds is 10. The molecule has 0 aliphatic carbocycles. The maximum Gasteiger partial charge on any atom is 0.179 e. The van der Waals surface area contributed by atoms with E-state index < -0.39 is 8.07 Å². The van der Waals surface area contributed by atoms with Gasteiger partial charge in [-0.1, -0.05) is 170 Å². The predicted octanol–water partition coefficient (Wildman–Crippen LogP) is 8.23. The number of hydrogen-bond acceptors (Lipinski definition) is 8. The van der Waals surface area contributed by atoms with E-state index >= 15 is 0 Å². The summed E-state index contributed by atoms with van der Waals surface area (Å²) in [6.45, 7) is 0. The van der Waals surface area contributed by atoms with Crippen LogP contribution in [-0.2, 0) is 0 Å². The molecule has 9 heteroatoms. The van der Waals surface area contributed by atoms with Crippen molar-refractivity contribution in [1.29, 1.82) is 0 Å². The van der Waals surface area contributed by atoms with Crippen LogP contribution in [0, 0.1) is 0 Å². The Labute approximate surface area is 354 Å². The topological polar surface area (TPSA) is 103 Å². The number of pyridine rings is 2.